The molecule has 28 heavy (non-hydrogen) atoms. The second-order valence-electron chi connectivity index (χ2n) is 6.99. The highest BCUT2D eigenvalue weighted by molar-refractivity contribution is 6.00. The molecule has 0 spiro atoms. The quantitative estimate of drug-likeness (QED) is 0.648. The maximum Gasteiger partial charge on any atom is 0.273 e. The average Bonchev–Trinajstić information content (AvgIpc) is 3.19. The van der Waals surface area contributed by atoms with E-state index < -0.39 is 11.9 Å². The van der Waals surface area contributed by atoms with Crippen molar-refractivity contribution in [1.29, 1.82) is 0 Å². The van der Waals surface area contributed by atoms with Crippen molar-refractivity contribution in [3.05, 3.63) is 70.2 Å². The van der Waals surface area contributed by atoms with Crippen LogP contribution >= 0.6 is 0 Å². The summed E-state index contributed by atoms with van der Waals surface area (Å²) in [5.74, 6) is -0.743. The molecule has 2 heterocycles. The molecule has 1 aliphatic heterocycles. The van der Waals surface area contributed by atoms with E-state index >= 15 is 0 Å². The number of phenols is 1. The molecule has 0 bridgehead atoms. The SMILES string of the molecule is Cc1cc(C)c(O)c(-c2n[nH]c3c2[C@@H](c2ccccc2F)N(CCO)C3=O)c1. The van der Waals surface area contributed by atoms with Gasteiger partial charge in [0.15, 0.2) is 0 Å². The number of amides is 1. The molecule has 0 unspecified atom stereocenters. The summed E-state index contributed by atoms with van der Waals surface area (Å²) in [7, 11) is 0. The number of nitrogens with zero attached hydrogens (tertiary/aromatic N) is 2. The number of fused-ring (bicyclic) bond motifs is 1. The lowest BCUT2D eigenvalue weighted by molar-refractivity contribution is 0.0704. The Hall–Kier alpha value is -3.19. The number of phenolic OH excluding ortho intramolecular Hbond substituents is 1. The predicted octanol–water partition coefficient (Wildman–Crippen LogP) is 3.08. The zero-order chi connectivity index (χ0) is 20.0. The third-order valence-corrected chi connectivity index (χ3v) is 5.10. The fourth-order valence-corrected chi connectivity index (χ4v) is 3.90. The molecule has 2 aromatic carbocycles. The van der Waals surface area contributed by atoms with Crippen LogP contribution in [0.25, 0.3) is 11.3 Å². The number of nitrogens with one attached hydrogen (secondary N) is 1. The molecule has 0 saturated carbocycles. The van der Waals surface area contributed by atoms with Gasteiger partial charge in [-0.15, -0.1) is 0 Å². The fourth-order valence-electron chi connectivity index (χ4n) is 3.90. The summed E-state index contributed by atoms with van der Waals surface area (Å²) < 4.78 is 14.6. The van der Waals surface area contributed by atoms with Crippen molar-refractivity contribution in [3.8, 4) is 17.0 Å². The Morgan fingerprint density at radius 1 is 1.25 bits per heavy atom. The highest BCUT2D eigenvalue weighted by atomic mass is 19.1. The van der Waals surface area contributed by atoms with Crippen LogP contribution in [0.1, 0.15) is 38.8 Å². The highest BCUT2D eigenvalue weighted by Crippen LogP contribution is 2.45. The summed E-state index contributed by atoms with van der Waals surface area (Å²) in [6, 6.07) is 9.13. The molecule has 3 N–H and O–H groups in total. The molecule has 1 aromatic heterocycles. The normalized spacial score (nSPS) is 15.9. The Kier molecular flexibility index (Phi) is 4.39. The van der Waals surface area contributed by atoms with Gasteiger partial charge < -0.3 is 15.1 Å². The van der Waals surface area contributed by atoms with Crippen LogP contribution in [-0.2, 0) is 0 Å². The summed E-state index contributed by atoms with van der Waals surface area (Å²) in [6.07, 6.45) is 0. The zero-order valence-corrected chi connectivity index (χ0v) is 15.5. The van der Waals surface area contributed by atoms with Crippen LogP contribution in [-0.4, -0.2) is 44.4 Å². The van der Waals surface area contributed by atoms with Gasteiger partial charge in [-0.05, 0) is 37.1 Å². The minimum atomic E-state index is -0.746. The molecule has 4 rings (SSSR count). The van der Waals surface area contributed by atoms with Crippen LogP contribution in [0.3, 0.4) is 0 Å². The smallest absolute Gasteiger partial charge is 0.273 e. The molecule has 1 amide bonds. The number of benzene rings is 2. The number of aliphatic hydroxyl groups excluding tert-OH is 1. The molecule has 144 valence electrons. The summed E-state index contributed by atoms with van der Waals surface area (Å²) in [5.41, 5.74) is 3.57. The second kappa shape index (κ2) is 6.76. The van der Waals surface area contributed by atoms with E-state index in [1.165, 1.54) is 11.0 Å². The standard InChI is InChI=1S/C21H20FN3O3/c1-11-9-12(2)20(27)14(10-11)17-16-18(24-23-17)21(28)25(7-8-26)19(16)13-5-3-4-6-15(13)22/h3-6,9-10,19,26-27H,7-8H2,1-2H3,(H,23,24)/t19-/m1/s1. The molecule has 1 atom stereocenters. The van der Waals surface area contributed by atoms with Crippen LogP contribution in [0.2, 0.25) is 0 Å². The lowest BCUT2D eigenvalue weighted by atomic mass is 9.94. The van der Waals surface area contributed by atoms with Crippen molar-refractivity contribution in [2.75, 3.05) is 13.2 Å². The first kappa shape index (κ1) is 18.2. The molecule has 7 heteroatoms. The van der Waals surface area contributed by atoms with E-state index in [0.717, 1.165) is 5.56 Å². The first-order valence-electron chi connectivity index (χ1n) is 8.99. The largest absolute Gasteiger partial charge is 0.507 e. The number of rotatable bonds is 4. The number of aliphatic hydroxyl groups is 1. The van der Waals surface area contributed by atoms with E-state index in [1.807, 2.05) is 13.0 Å². The molecule has 0 aliphatic carbocycles. The Balaban J connectivity index is 1.97. The van der Waals surface area contributed by atoms with Crippen molar-refractivity contribution in [1.82, 2.24) is 15.1 Å². The summed E-state index contributed by atoms with van der Waals surface area (Å²) >= 11 is 0. The minimum Gasteiger partial charge on any atom is -0.507 e. The van der Waals surface area contributed by atoms with Gasteiger partial charge in [0.25, 0.3) is 5.91 Å². The average molecular weight is 381 g/mol. The van der Waals surface area contributed by atoms with E-state index in [1.54, 1.807) is 31.2 Å². The molecular weight excluding hydrogens is 361 g/mol. The van der Waals surface area contributed by atoms with Crippen molar-refractivity contribution in [2.45, 2.75) is 19.9 Å². The van der Waals surface area contributed by atoms with Gasteiger partial charge in [-0.25, -0.2) is 4.39 Å². The van der Waals surface area contributed by atoms with Gasteiger partial charge in [-0.3, -0.25) is 9.89 Å². The maximum absolute atomic E-state index is 14.6. The number of carbonyl (C=O) groups is 1. The van der Waals surface area contributed by atoms with Gasteiger partial charge in [0.2, 0.25) is 0 Å². The fraction of sp³-hybridized carbons (Fsp3) is 0.238. The van der Waals surface area contributed by atoms with Gasteiger partial charge in [0.05, 0.1) is 12.6 Å². The third-order valence-electron chi connectivity index (χ3n) is 5.10. The number of β-amino-alcohol motifs (C(OH)–C–C–N with tert-alkyl or cyclic N) is 1. The van der Waals surface area contributed by atoms with Gasteiger partial charge in [0.1, 0.15) is 23.0 Å². The summed E-state index contributed by atoms with van der Waals surface area (Å²) in [5, 5.41) is 27.1. The van der Waals surface area contributed by atoms with Crippen molar-refractivity contribution < 1.29 is 19.4 Å². The Bertz CT molecular complexity index is 1080. The number of aryl methyl sites for hydroxylation is 2. The van der Waals surface area contributed by atoms with Crippen LogP contribution < -0.4 is 0 Å². The van der Waals surface area contributed by atoms with Gasteiger partial charge in [0, 0.05) is 23.2 Å². The summed E-state index contributed by atoms with van der Waals surface area (Å²) in [6.45, 7) is 3.49. The first-order valence-corrected chi connectivity index (χ1v) is 8.99. The minimum absolute atomic E-state index is 0.0542. The lowest BCUT2D eigenvalue weighted by Crippen LogP contribution is -2.32. The Labute approximate surface area is 161 Å². The number of hydrogen-bond donors (Lipinski definition) is 3. The Morgan fingerprint density at radius 2 is 2.00 bits per heavy atom. The molecule has 0 radical (unpaired) electrons. The van der Waals surface area contributed by atoms with Crippen molar-refractivity contribution >= 4 is 5.91 Å². The van der Waals surface area contributed by atoms with E-state index in [-0.39, 0.29) is 30.5 Å². The lowest BCUT2D eigenvalue weighted by Gasteiger charge is -2.26. The van der Waals surface area contributed by atoms with Crippen LogP contribution in [0.4, 0.5) is 4.39 Å². The Morgan fingerprint density at radius 3 is 2.71 bits per heavy atom. The summed E-state index contributed by atoms with van der Waals surface area (Å²) in [4.78, 5) is 14.3. The van der Waals surface area contributed by atoms with Crippen LogP contribution in [0, 0.1) is 19.7 Å². The molecule has 6 nitrogen and oxygen atoms in total. The van der Waals surface area contributed by atoms with E-state index in [4.69, 9.17) is 0 Å². The number of carbonyl (C=O) groups excluding carboxylic acids is 1. The number of aromatic hydroxyl groups is 1. The predicted molar refractivity (Wildman–Crippen MR) is 102 cm³/mol. The number of hydrogen-bond acceptors (Lipinski definition) is 4. The highest BCUT2D eigenvalue weighted by Gasteiger charge is 2.43. The van der Waals surface area contributed by atoms with Crippen LogP contribution in [0.5, 0.6) is 5.75 Å². The molecule has 3 aromatic rings. The van der Waals surface area contributed by atoms with Gasteiger partial charge in [-0.1, -0.05) is 24.3 Å². The maximum atomic E-state index is 14.6. The van der Waals surface area contributed by atoms with E-state index in [0.29, 0.717) is 27.9 Å². The second-order valence-corrected chi connectivity index (χ2v) is 6.99. The van der Waals surface area contributed by atoms with Crippen molar-refractivity contribution in [3.63, 3.8) is 0 Å². The molecule has 0 saturated heterocycles. The molecular formula is C21H20FN3O3. The first-order chi connectivity index (χ1) is 13.4. The number of halogens is 1. The number of H-pyrrole nitrogens is 1. The van der Waals surface area contributed by atoms with Crippen LogP contribution in [0.15, 0.2) is 36.4 Å². The van der Waals surface area contributed by atoms with E-state index in [2.05, 4.69) is 10.2 Å². The zero-order valence-electron chi connectivity index (χ0n) is 15.5. The van der Waals surface area contributed by atoms with Gasteiger partial charge >= 0.3 is 0 Å². The number of aromatic nitrogens is 2. The molecule has 1 aliphatic rings. The van der Waals surface area contributed by atoms with E-state index in [9.17, 15) is 19.4 Å². The topological polar surface area (TPSA) is 89.5 Å². The number of aromatic amines is 1. The van der Waals surface area contributed by atoms with Gasteiger partial charge in [-0.2, -0.15) is 5.10 Å². The monoisotopic (exact) mass is 381 g/mol. The third kappa shape index (κ3) is 2.66. The van der Waals surface area contributed by atoms with Crippen molar-refractivity contribution in [2.24, 2.45) is 0 Å². The molecule has 0 fully saturated rings.